The van der Waals surface area contributed by atoms with Gasteiger partial charge in [0.25, 0.3) is 0 Å². The number of carbonyl (C=O) groups excluding carboxylic acids is 1. The average Bonchev–Trinajstić information content (AvgIpc) is 3.34. The Morgan fingerprint density at radius 1 is 1.10 bits per heavy atom. The third-order valence-corrected chi connectivity index (χ3v) is 11.0. The molecule has 214 valence electrons. The Bertz CT molecular complexity index is 1020. The van der Waals surface area contributed by atoms with E-state index in [1.54, 1.807) is 0 Å². The summed E-state index contributed by atoms with van der Waals surface area (Å²) in [7, 11) is 2.15. The van der Waals surface area contributed by atoms with Gasteiger partial charge in [-0.05, 0) is 119 Å². The lowest BCUT2D eigenvalue weighted by atomic mass is 9.60. The fourth-order valence-corrected chi connectivity index (χ4v) is 8.83. The van der Waals surface area contributed by atoms with Crippen LogP contribution in [-0.2, 0) is 12.7 Å². The van der Waals surface area contributed by atoms with E-state index in [0.717, 1.165) is 57.5 Å². The molecule has 5 nitrogen and oxygen atoms in total. The number of piperidine rings is 1. The van der Waals surface area contributed by atoms with E-state index in [1.165, 1.54) is 42.4 Å². The van der Waals surface area contributed by atoms with Gasteiger partial charge in [0.15, 0.2) is 0 Å². The monoisotopic (exact) mass is 646 g/mol. The lowest BCUT2D eigenvalue weighted by molar-refractivity contribution is -0.153. The van der Waals surface area contributed by atoms with Crippen molar-refractivity contribution in [3.63, 3.8) is 0 Å². The molecule has 1 heterocycles. The minimum absolute atomic E-state index is 0.101. The SMILES string of the molecule is C/C1=C\C(CNOC(=O)CC2CCN(C)CC2)CCC[C@H]2CC[C@]3(OI)C(c4ccccc4)=CCC3[C@@H]2CC1. The van der Waals surface area contributed by atoms with Crippen molar-refractivity contribution in [3.8, 4) is 0 Å². The van der Waals surface area contributed by atoms with Gasteiger partial charge in [-0.1, -0.05) is 60.9 Å². The standard InChI is InChI=1S/C33H47IN2O3/c1-24-11-12-29-27(15-18-33(39-34)30(13-14-31(29)33)28-8-4-3-5-9-28)10-6-7-26(21-24)23-35-38-32(37)22-25-16-19-36(2)20-17-25/h3-5,8-9,13,21,25-27,29,31,35H,6-7,10-12,14-20,22-23H2,1-2H3/b24-21+/t26?,27-,29+,31?,33-/m0/s1. The van der Waals surface area contributed by atoms with Crippen LogP contribution in [0, 0.1) is 29.6 Å². The molecule has 1 aromatic carbocycles. The molecule has 5 rings (SSSR count). The predicted molar refractivity (Wildman–Crippen MR) is 166 cm³/mol. The number of allylic oxidation sites excluding steroid dienone is 2. The first-order chi connectivity index (χ1) is 19.0. The third-order valence-electron chi connectivity index (χ3n) is 10.2. The molecule has 2 unspecified atom stereocenters. The summed E-state index contributed by atoms with van der Waals surface area (Å²) in [5, 5.41) is 0. The number of carbonyl (C=O) groups is 1. The molecule has 0 radical (unpaired) electrons. The Morgan fingerprint density at radius 2 is 1.90 bits per heavy atom. The number of hydrogen-bond donors (Lipinski definition) is 1. The molecule has 0 aromatic heterocycles. The lowest BCUT2D eigenvalue weighted by Crippen LogP contribution is -2.47. The van der Waals surface area contributed by atoms with E-state index in [9.17, 15) is 4.79 Å². The van der Waals surface area contributed by atoms with Crippen molar-refractivity contribution in [2.45, 2.75) is 83.2 Å². The number of fused-ring (bicyclic) bond motifs is 3. The van der Waals surface area contributed by atoms with Gasteiger partial charge < -0.3 is 12.8 Å². The van der Waals surface area contributed by atoms with Crippen LogP contribution in [0.5, 0.6) is 0 Å². The number of hydrogen-bond acceptors (Lipinski definition) is 5. The Hall–Kier alpha value is -1.22. The van der Waals surface area contributed by atoms with Crippen LogP contribution in [0.4, 0.5) is 0 Å². The molecule has 0 spiro atoms. The smallest absolute Gasteiger partial charge is 0.325 e. The van der Waals surface area contributed by atoms with Crippen LogP contribution in [0.2, 0.25) is 0 Å². The van der Waals surface area contributed by atoms with Gasteiger partial charge in [-0.25, -0.2) is 0 Å². The van der Waals surface area contributed by atoms with Gasteiger partial charge >= 0.3 is 5.97 Å². The highest BCUT2D eigenvalue weighted by Crippen LogP contribution is 2.58. The zero-order valence-electron chi connectivity index (χ0n) is 23.9. The molecule has 1 saturated carbocycles. The van der Waals surface area contributed by atoms with E-state index < -0.39 is 0 Å². The Kier molecular flexibility index (Phi) is 10.2. The summed E-state index contributed by atoms with van der Waals surface area (Å²) in [6.07, 6.45) is 17.2. The quantitative estimate of drug-likeness (QED) is 0.189. The maximum atomic E-state index is 12.4. The van der Waals surface area contributed by atoms with Crippen molar-refractivity contribution >= 4 is 34.5 Å². The number of benzene rings is 1. The minimum atomic E-state index is -0.144. The maximum Gasteiger partial charge on any atom is 0.325 e. The van der Waals surface area contributed by atoms with Gasteiger partial charge in [-0.15, -0.1) is 0 Å². The van der Waals surface area contributed by atoms with Crippen molar-refractivity contribution < 1.29 is 12.7 Å². The summed E-state index contributed by atoms with van der Waals surface area (Å²) < 4.78 is 6.44. The summed E-state index contributed by atoms with van der Waals surface area (Å²) in [5.74, 6) is 2.81. The van der Waals surface area contributed by atoms with Crippen LogP contribution in [0.1, 0.15) is 83.1 Å². The third kappa shape index (κ3) is 6.99. The molecule has 3 aliphatic carbocycles. The second kappa shape index (κ2) is 13.6. The Morgan fingerprint density at radius 3 is 2.67 bits per heavy atom. The van der Waals surface area contributed by atoms with Crippen molar-refractivity contribution in [1.29, 1.82) is 0 Å². The number of hydroxylamine groups is 1. The first-order valence-electron chi connectivity index (χ1n) is 15.3. The molecular formula is C33H47IN2O3. The van der Waals surface area contributed by atoms with Gasteiger partial charge in [0.1, 0.15) is 28.6 Å². The average molecular weight is 647 g/mol. The van der Waals surface area contributed by atoms with Gasteiger partial charge in [-0.2, -0.15) is 5.48 Å². The van der Waals surface area contributed by atoms with Crippen LogP contribution in [0.3, 0.4) is 0 Å². The molecule has 0 bridgehead atoms. The number of halogens is 1. The largest absolute Gasteiger partial charge is 0.371 e. The summed E-state index contributed by atoms with van der Waals surface area (Å²) in [4.78, 5) is 20.2. The zero-order chi connectivity index (χ0) is 27.2. The van der Waals surface area contributed by atoms with Crippen LogP contribution < -0.4 is 5.48 Å². The molecule has 0 amide bonds. The number of nitrogens with zero attached hydrogens (tertiary/aromatic N) is 1. The van der Waals surface area contributed by atoms with E-state index in [2.05, 4.69) is 89.8 Å². The molecule has 1 N–H and O–H groups in total. The van der Waals surface area contributed by atoms with Crippen LogP contribution >= 0.6 is 23.0 Å². The molecule has 39 heavy (non-hydrogen) atoms. The lowest BCUT2D eigenvalue weighted by Gasteiger charge is -2.48. The van der Waals surface area contributed by atoms with Gasteiger partial charge in [0, 0.05) is 6.54 Å². The van der Waals surface area contributed by atoms with E-state index in [1.807, 2.05) is 0 Å². The highest BCUT2D eigenvalue weighted by molar-refractivity contribution is 14.1. The summed E-state index contributed by atoms with van der Waals surface area (Å²) in [5.41, 5.74) is 7.12. The van der Waals surface area contributed by atoms with E-state index >= 15 is 0 Å². The van der Waals surface area contributed by atoms with Crippen LogP contribution in [0.25, 0.3) is 5.57 Å². The van der Waals surface area contributed by atoms with E-state index in [4.69, 9.17) is 7.90 Å². The molecular weight excluding hydrogens is 599 g/mol. The topological polar surface area (TPSA) is 50.8 Å². The van der Waals surface area contributed by atoms with Gasteiger partial charge in [-0.3, -0.25) is 4.79 Å². The van der Waals surface area contributed by atoms with E-state index in [0.29, 0.717) is 36.6 Å². The Labute approximate surface area is 249 Å². The van der Waals surface area contributed by atoms with Crippen molar-refractivity contribution in [3.05, 3.63) is 53.6 Å². The first-order valence-corrected chi connectivity index (χ1v) is 16.2. The second-order valence-electron chi connectivity index (χ2n) is 12.8. The highest BCUT2D eigenvalue weighted by Gasteiger charge is 2.54. The van der Waals surface area contributed by atoms with Crippen LogP contribution in [0.15, 0.2) is 48.1 Å². The van der Waals surface area contributed by atoms with Crippen LogP contribution in [-0.4, -0.2) is 43.2 Å². The summed E-state index contributed by atoms with van der Waals surface area (Å²) >= 11 is 2.19. The fraction of sp³-hybridized carbons (Fsp3) is 0.667. The van der Waals surface area contributed by atoms with Gasteiger partial charge in [0.05, 0.1) is 6.42 Å². The number of likely N-dealkylation sites (tertiary alicyclic amines) is 1. The fourth-order valence-electron chi connectivity index (χ4n) is 8.04. The first kappa shape index (κ1) is 29.3. The van der Waals surface area contributed by atoms with Crippen molar-refractivity contribution in [1.82, 2.24) is 10.4 Å². The molecule has 1 saturated heterocycles. The molecule has 5 atom stereocenters. The highest BCUT2D eigenvalue weighted by atomic mass is 127. The molecule has 2 fully saturated rings. The number of nitrogens with one attached hydrogen (secondary N) is 1. The van der Waals surface area contributed by atoms with E-state index in [-0.39, 0.29) is 11.6 Å². The normalized spacial score (nSPS) is 33.8. The van der Waals surface area contributed by atoms with Gasteiger partial charge in [0.2, 0.25) is 0 Å². The Balaban J connectivity index is 1.16. The summed E-state index contributed by atoms with van der Waals surface area (Å²) in [6, 6.07) is 10.9. The van der Waals surface area contributed by atoms with Crippen molar-refractivity contribution in [2.24, 2.45) is 29.6 Å². The maximum absolute atomic E-state index is 12.4. The second-order valence-corrected chi connectivity index (χ2v) is 13.2. The number of rotatable bonds is 7. The zero-order valence-corrected chi connectivity index (χ0v) is 26.0. The molecule has 6 heteroatoms. The predicted octanol–water partition coefficient (Wildman–Crippen LogP) is 7.53. The summed E-state index contributed by atoms with van der Waals surface area (Å²) in [6.45, 7) is 5.17. The molecule has 4 aliphatic rings. The molecule has 1 aliphatic heterocycles. The molecule has 1 aromatic rings. The minimum Gasteiger partial charge on any atom is -0.371 e. The van der Waals surface area contributed by atoms with Crippen molar-refractivity contribution in [2.75, 3.05) is 26.7 Å².